The van der Waals surface area contributed by atoms with Gasteiger partial charge in [-0.15, -0.1) is 0 Å². The second-order valence-electron chi connectivity index (χ2n) is 8.41. The van der Waals surface area contributed by atoms with Gasteiger partial charge in [0.2, 0.25) is 15.9 Å². The van der Waals surface area contributed by atoms with Crippen LogP contribution >= 0.6 is 11.6 Å². The molecule has 7 nitrogen and oxygen atoms in total. The number of likely N-dealkylation sites (tertiary alicyclic amines) is 1. The average Bonchev–Trinajstić information content (AvgIpc) is 2.67. The number of morpholine rings is 1. The molecule has 1 aromatic carbocycles. The summed E-state index contributed by atoms with van der Waals surface area (Å²) in [5, 5.41) is 0.359. The number of benzene rings is 1. The number of hydrogen-bond acceptors (Lipinski definition) is 5. The largest absolute Gasteiger partial charge is 0.373 e. The number of carbonyl (C=O) groups excluding carboxylic acids is 1. The van der Waals surface area contributed by atoms with Crippen molar-refractivity contribution in [2.24, 2.45) is 5.92 Å². The first kappa shape index (κ1) is 23.5. The molecule has 0 aromatic heterocycles. The Morgan fingerprint density at radius 3 is 2.50 bits per heavy atom. The van der Waals surface area contributed by atoms with Crippen LogP contribution in [-0.2, 0) is 19.6 Å². The maximum Gasteiger partial charge on any atom is 0.240 e. The Bertz CT molecular complexity index is 817. The Labute approximate surface area is 184 Å². The van der Waals surface area contributed by atoms with Crippen molar-refractivity contribution in [3.63, 3.8) is 0 Å². The lowest BCUT2D eigenvalue weighted by atomic mass is 9.95. The van der Waals surface area contributed by atoms with E-state index < -0.39 is 10.0 Å². The van der Waals surface area contributed by atoms with E-state index in [1.807, 2.05) is 4.90 Å². The van der Waals surface area contributed by atoms with Crippen LogP contribution in [0, 0.1) is 5.92 Å². The second-order valence-corrected chi connectivity index (χ2v) is 10.6. The summed E-state index contributed by atoms with van der Waals surface area (Å²) in [6.07, 6.45) is 2.67. The molecule has 2 atom stereocenters. The fourth-order valence-corrected chi connectivity index (χ4v) is 5.66. The molecular weight excluding hydrogens is 426 g/mol. The summed E-state index contributed by atoms with van der Waals surface area (Å²) in [4.78, 5) is 16.9. The van der Waals surface area contributed by atoms with E-state index in [0.717, 1.165) is 45.6 Å². The van der Waals surface area contributed by atoms with E-state index in [2.05, 4.69) is 23.5 Å². The number of carbonyl (C=O) groups is 1. The lowest BCUT2D eigenvalue weighted by Crippen LogP contribution is -2.48. The summed E-state index contributed by atoms with van der Waals surface area (Å²) < 4.78 is 32.9. The molecule has 2 aliphatic heterocycles. The minimum atomic E-state index is -3.66. The Balaban J connectivity index is 1.39. The second kappa shape index (κ2) is 10.4. The van der Waals surface area contributed by atoms with Gasteiger partial charge < -0.3 is 9.64 Å². The van der Waals surface area contributed by atoms with Gasteiger partial charge in [-0.25, -0.2) is 13.1 Å². The van der Waals surface area contributed by atoms with Gasteiger partial charge >= 0.3 is 0 Å². The zero-order valence-electron chi connectivity index (χ0n) is 17.7. The zero-order chi connectivity index (χ0) is 21.7. The first-order valence-corrected chi connectivity index (χ1v) is 12.5. The number of nitrogens with zero attached hydrogens (tertiary/aromatic N) is 2. The number of piperidine rings is 1. The summed E-state index contributed by atoms with van der Waals surface area (Å²) in [6, 6.07) is 6.08. The highest BCUT2D eigenvalue weighted by Crippen LogP contribution is 2.21. The monoisotopic (exact) mass is 457 g/mol. The van der Waals surface area contributed by atoms with E-state index in [-0.39, 0.29) is 36.0 Å². The molecule has 2 aliphatic rings. The molecule has 9 heteroatoms. The average molecular weight is 458 g/mol. The van der Waals surface area contributed by atoms with Crippen molar-refractivity contribution in [1.82, 2.24) is 14.5 Å². The molecule has 3 rings (SSSR count). The molecular formula is C21H32ClN3O4S. The Hall–Kier alpha value is -1.19. The smallest absolute Gasteiger partial charge is 0.240 e. The van der Waals surface area contributed by atoms with E-state index in [1.165, 1.54) is 12.1 Å². The Kier molecular flexibility index (Phi) is 8.15. The Morgan fingerprint density at radius 1 is 1.20 bits per heavy atom. The lowest BCUT2D eigenvalue weighted by molar-refractivity contribution is -0.132. The summed E-state index contributed by atoms with van der Waals surface area (Å²) in [5.41, 5.74) is 0. The van der Waals surface area contributed by atoms with E-state index in [1.54, 1.807) is 12.1 Å². The van der Waals surface area contributed by atoms with Crippen LogP contribution in [0.1, 0.15) is 33.1 Å². The number of halogens is 1. The summed E-state index contributed by atoms with van der Waals surface area (Å²) >= 11 is 5.86. The molecule has 30 heavy (non-hydrogen) atoms. The molecule has 1 amide bonds. The molecule has 2 heterocycles. The SMILES string of the molecule is CC1CN(CC2CCN(C(=O)CCNS(=O)(=O)c3cccc(Cl)c3)CC2)CC(C)O1. The van der Waals surface area contributed by atoms with Crippen LogP contribution in [0.4, 0.5) is 0 Å². The molecule has 2 unspecified atom stereocenters. The maximum absolute atomic E-state index is 12.5. The number of rotatable bonds is 7. The van der Waals surface area contributed by atoms with Crippen molar-refractivity contribution in [1.29, 1.82) is 0 Å². The highest BCUT2D eigenvalue weighted by atomic mass is 35.5. The molecule has 0 bridgehead atoms. The van der Waals surface area contributed by atoms with E-state index in [0.29, 0.717) is 10.9 Å². The third-order valence-electron chi connectivity index (χ3n) is 5.72. The van der Waals surface area contributed by atoms with Crippen LogP contribution < -0.4 is 4.72 Å². The number of nitrogens with one attached hydrogen (secondary N) is 1. The molecule has 2 fully saturated rings. The fraction of sp³-hybridized carbons (Fsp3) is 0.667. The predicted octanol–water partition coefficient (Wildman–Crippen LogP) is 2.36. The molecule has 1 aromatic rings. The summed E-state index contributed by atoms with van der Waals surface area (Å²) in [7, 11) is -3.66. The molecule has 0 aliphatic carbocycles. The van der Waals surface area contributed by atoms with Crippen LogP contribution in [0.15, 0.2) is 29.2 Å². The van der Waals surface area contributed by atoms with Crippen LogP contribution in [0.25, 0.3) is 0 Å². The third-order valence-corrected chi connectivity index (χ3v) is 7.41. The minimum absolute atomic E-state index is 0.00383. The van der Waals surface area contributed by atoms with Gasteiger partial charge in [0.15, 0.2) is 0 Å². The van der Waals surface area contributed by atoms with Crippen LogP contribution in [-0.4, -0.2) is 75.6 Å². The van der Waals surface area contributed by atoms with E-state index in [4.69, 9.17) is 16.3 Å². The maximum atomic E-state index is 12.5. The van der Waals surface area contributed by atoms with Gasteiger partial charge in [0.1, 0.15) is 0 Å². The summed E-state index contributed by atoms with van der Waals surface area (Å²) in [6.45, 7) is 8.78. The number of amides is 1. The van der Waals surface area contributed by atoms with E-state index >= 15 is 0 Å². The van der Waals surface area contributed by atoms with Crippen LogP contribution in [0.5, 0.6) is 0 Å². The molecule has 0 saturated carbocycles. The van der Waals surface area contributed by atoms with Crippen molar-refractivity contribution >= 4 is 27.5 Å². The van der Waals surface area contributed by atoms with Crippen molar-refractivity contribution in [2.45, 2.75) is 50.2 Å². The first-order chi connectivity index (χ1) is 14.2. The van der Waals surface area contributed by atoms with Crippen molar-refractivity contribution in [3.05, 3.63) is 29.3 Å². The standard InChI is InChI=1S/C21H32ClN3O4S/c1-16-13-24(14-17(2)29-16)15-18-7-10-25(11-8-18)21(26)6-9-23-30(27,28)20-5-3-4-19(22)12-20/h3-5,12,16-18,23H,6-11,13-15H2,1-2H3. The highest BCUT2D eigenvalue weighted by molar-refractivity contribution is 7.89. The minimum Gasteiger partial charge on any atom is -0.373 e. The van der Waals surface area contributed by atoms with Gasteiger partial charge in [-0.05, 0) is 50.8 Å². The van der Waals surface area contributed by atoms with Crippen molar-refractivity contribution in [3.8, 4) is 0 Å². The molecule has 2 saturated heterocycles. The first-order valence-electron chi connectivity index (χ1n) is 10.6. The number of sulfonamides is 1. The van der Waals surface area contributed by atoms with Crippen LogP contribution in [0.2, 0.25) is 5.02 Å². The summed E-state index contributed by atoms with van der Waals surface area (Å²) in [5.74, 6) is 0.587. The number of ether oxygens (including phenoxy) is 1. The predicted molar refractivity (Wildman–Crippen MR) is 117 cm³/mol. The third kappa shape index (κ3) is 6.65. The van der Waals surface area contributed by atoms with Gasteiger partial charge in [0.05, 0.1) is 17.1 Å². The lowest BCUT2D eigenvalue weighted by Gasteiger charge is -2.39. The van der Waals surface area contributed by atoms with Gasteiger partial charge in [-0.3, -0.25) is 9.69 Å². The molecule has 0 spiro atoms. The quantitative estimate of drug-likeness (QED) is 0.680. The van der Waals surface area contributed by atoms with Gasteiger partial charge in [-0.1, -0.05) is 17.7 Å². The number of hydrogen-bond donors (Lipinski definition) is 1. The molecule has 1 N–H and O–H groups in total. The van der Waals surface area contributed by atoms with Gasteiger partial charge in [-0.2, -0.15) is 0 Å². The topological polar surface area (TPSA) is 79.0 Å². The molecule has 168 valence electrons. The zero-order valence-corrected chi connectivity index (χ0v) is 19.3. The molecule has 0 radical (unpaired) electrons. The van der Waals surface area contributed by atoms with Crippen molar-refractivity contribution in [2.75, 3.05) is 39.3 Å². The van der Waals surface area contributed by atoms with Gasteiger partial charge in [0.25, 0.3) is 0 Å². The Morgan fingerprint density at radius 2 is 1.87 bits per heavy atom. The normalized spacial score (nSPS) is 24.2. The van der Waals surface area contributed by atoms with Crippen LogP contribution in [0.3, 0.4) is 0 Å². The highest BCUT2D eigenvalue weighted by Gasteiger charge is 2.28. The fourth-order valence-electron chi connectivity index (χ4n) is 4.33. The van der Waals surface area contributed by atoms with Crippen molar-refractivity contribution < 1.29 is 17.9 Å². The van der Waals surface area contributed by atoms with E-state index in [9.17, 15) is 13.2 Å². The van der Waals surface area contributed by atoms with Gasteiger partial charge in [0, 0.05) is 50.7 Å².